The van der Waals surface area contributed by atoms with Gasteiger partial charge in [-0.1, -0.05) is 0 Å². The number of hydrogen-bond donors (Lipinski definition) is 1. The molecule has 0 bridgehead atoms. The van der Waals surface area contributed by atoms with Crippen LogP contribution in [0.5, 0.6) is 0 Å². The fraction of sp³-hybridized carbons (Fsp3) is 0.667. The molecule has 84 valence electrons. The molecule has 0 aromatic rings. The maximum absolute atomic E-state index is 11.3. The SMILES string of the molecule is CCOC(=O)C(=[N+]=[N-])C(=O)CCCCS. The molecule has 0 aromatic heterocycles. The van der Waals surface area contributed by atoms with Crippen molar-refractivity contribution in [1.29, 1.82) is 0 Å². The predicted molar refractivity (Wildman–Crippen MR) is 58.0 cm³/mol. The van der Waals surface area contributed by atoms with Gasteiger partial charge in [-0.05, 0) is 25.5 Å². The van der Waals surface area contributed by atoms with Gasteiger partial charge in [0, 0.05) is 6.42 Å². The van der Waals surface area contributed by atoms with Gasteiger partial charge in [0.15, 0.2) is 0 Å². The van der Waals surface area contributed by atoms with Crippen LogP contribution in [0.15, 0.2) is 0 Å². The van der Waals surface area contributed by atoms with Crippen LogP contribution in [0.2, 0.25) is 0 Å². The first-order valence-corrected chi connectivity index (χ1v) is 5.33. The summed E-state index contributed by atoms with van der Waals surface area (Å²) < 4.78 is 4.56. The number of ketones is 1. The maximum Gasteiger partial charge on any atom is 0.441 e. The van der Waals surface area contributed by atoms with Crippen LogP contribution in [0, 0.1) is 0 Å². The smallest absolute Gasteiger partial charge is 0.441 e. The van der Waals surface area contributed by atoms with E-state index in [0.717, 1.165) is 6.42 Å². The average Bonchev–Trinajstić information content (AvgIpc) is 2.19. The molecule has 15 heavy (non-hydrogen) atoms. The summed E-state index contributed by atoms with van der Waals surface area (Å²) in [5, 5.41) is 0. The molecular weight excluding hydrogens is 216 g/mol. The number of Topliss-reactive ketones (excluding diaryl/α,β-unsaturated/α-hetero) is 1. The lowest BCUT2D eigenvalue weighted by Gasteiger charge is -1.97. The van der Waals surface area contributed by atoms with Crippen LogP contribution in [-0.2, 0) is 14.3 Å². The van der Waals surface area contributed by atoms with Crippen molar-refractivity contribution in [3.8, 4) is 0 Å². The first-order valence-electron chi connectivity index (χ1n) is 4.70. The number of carbonyl (C=O) groups excluding carboxylic acids is 2. The highest BCUT2D eigenvalue weighted by molar-refractivity contribution is 7.80. The Morgan fingerprint density at radius 1 is 1.40 bits per heavy atom. The van der Waals surface area contributed by atoms with Crippen LogP contribution < -0.4 is 0 Å². The fourth-order valence-corrected chi connectivity index (χ4v) is 1.15. The number of ether oxygens (including phenoxy) is 1. The largest absolute Gasteiger partial charge is 0.457 e. The van der Waals surface area contributed by atoms with E-state index >= 15 is 0 Å². The Kier molecular flexibility index (Phi) is 7.58. The van der Waals surface area contributed by atoms with Crippen LogP contribution in [0.25, 0.3) is 5.53 Å². The second-order valence-electron chi connectivity index (χ2n) is 2.77. The number of nitrogens with zero attached hydrogens (tertiary/aromatic N) is 2. The first kappa shape index (κ1) is 13.9. The molecule has 0 aliphatic heterocycles. The number of esters is 1. The van der Waals surface area contributed by atoms with Crippen molar-refractivity contribution in [3.05, 3.63) is 5.53 Å². The highest BCUT2D eigenvalue weighted by atomic mass is 32.1. The summed E-state index contributed by atoms with van der Waals surface area (Å²) in [5.41, 5.74) is 7.97. The molecule has 0 aliphatic carbocycles. The molecule has 0 saturated carbocycles. The van der Waals surface area contributed by atoms with Crippen molar-refractivity contribution in [2.24, 2.45) is 0 Å². The minimum absolute atomic E-state index is 0.141. The summed E-state index contributed by atoms with van der Waals surface area (Å²) in [6, 6.07) is 0. The maximum atomic E-state index is 11.3. The standard InChI is InChI=1S/C9H14N2O3S/c1-2-14-9(13)8(11-10)7(12)5-3-4-6-15/h15H,2-6H2,1H3. The Hall–Kier alpha value is -1.13. The average molecular weight is 230 g/mol. The van der Waals surface area contributed by atoms with Gasteiger partial charge in [-0.15, -0.1) is 0 Å². The van der Waals surface area contributed by atoms with E-state index in [0.29, 0.717) is 12.2 Å². The minimum atomic E-state index is -0.879. The molecule has 0 aliphatic rings. The van der Waals surface area contributed by atoms with Crippen molar-refractivity contribution >= 4 is 30.1 Å². The van der Waals surface area contributed by atoms with E-state index < -0.39 is 17.5 Å². The second-order valence-corrected chi connectivity index (χ2v) is 3.22. The second kappa shape index (κ2) is 8.20. The zero-order valence-electron chi connectivity index (χ0n) is 8.60. The van der Waals surface area contributed by atoms with Gasteiger partial charge < -0.3 is 10.3 Å². The Bertz CT molecular complexity index is 285. The van der Waals surface area contributed by atoms with Gasteiger partial charge in [0.05, 0.1) is 6.61 Å². The first-order chi connectivity index (χ1) is 7.17. The van der Waals surface area contributed by atoms with Crippen LogP contribution >= 0.6 is 12.6 Å². The van der Waals surface area contributed by atoms with Crippen molar-refractivity contribution in [2.75, 3.05) is 12.4 Å². The number of carbonyl (C=O) groups is 2. The fourth-order valence-electron chi connectivity index (χ4n) is 0.926. The molecular formula is C9H14N2O3S. The summed E-state index contributed by atoms with van der Waals surface area (Å²) in [5.74, 6) is -0.702. The third-order valence-electron chi connectivity index (χ3n) is 1.64. The summed E-state index contributed by atoms with van der Waals surface area (Å²) >= 11 is 3.99. The van der Waals surface area contributed by atoms with E-state index in [1.807, 2.05) is 0 Å². The summed E-state index contributed by atoms with van der Waals surface area (Å²) in [4.78, 5) is 25.1. The van der Waals surface area contributed by atoms with Gasteiger partial charge in [0.2, 0.25) is 0 Å². The Morgan fingerprint density at radius 2 is 2.07 bits per heavy atom. The Morgan fingerprint density at radius 3 is 2.53 bits per heavy atom. The molecule has 0 fully saturated rings. The molecule has 6 heteroatoms. The number of hydrogen-bond acceptors (Lipinski definition) is 4. The molecule has 0 radical (unpaired) electrons. The summed E-state index contributed by atoms with van der Waals surface area (Å²) in [6.07, 6.45) is 1.55. The van der Waals surface area contributed by atoms with Crippen LogP contribution in [0.3, 0.4) is 0 Å². The van der Waals surface area contributed by atoms with Gasteiger partial charge in [0.1, 0.15) is 0 Å². The lowest BCUT2D eigenvalue weighted by Crippen LogP contribution is -2.27. The lowest BCUT2D eigenvalue weighted by molar-refractivity contribution is -0.141. The van der Waals surface area contributed by atoms with Gasteiger partial charge in [-0.2, -0.15) is 17.4 Å². The monoisotopic (exact) mass is 230 g/mol. The van der Waals surface area contributed by atoms with E-state index in [4.69, 9.17) is 5.53 Å². The van der Waals surface area contributed by atoms with Gasteiger partial charge in [-0.3, -0.25) is 4.79 Å². The third kappa shape index (κ3) is 5.34. The van der Waals surface area contributed by atoms with E-state index in [2.05, 4.69) is 22.2 Å². The van der Waals surface area contributed by atoms with E-state index in [1.165, 1.54) is 0 Å². The van der Waals surface area contributed by atoms with E-state index in [-0.39, 0.29) is 13.0 Å². The quantitative estimate of drug-likeness (QED) is 0.134. The Labute approximate surface area is 93.8 Å². The zero-order chi connectivity index (χ0) is 11.7. The molecule has 0 heterocycles. The molecule has 0 saturated heterocycles. The van der Waals surface area contributed by atoms with Crippen molar-refractivity contribution in [1.82, 2.24) is 0 Å². The Balaban J connectivity index is 4.24. The molecule has 0 unspecified atom stereocenters. The molecule has 0 N–H and O–H groups in total. The highest BCUT2D eigenvalue weighted by Crippen LogP contribution is 1.99. The zero-order valence-corrected chi connectivity index (χ0v) is 9.50. The highest BCUT2D eigenvalue weighted by Gasteiger charge is 2.29. The van der Waals surface area contributed by atoms with Crippen LogP contribution in [0.4, 0.5) is 0 Å². The molecule has 0 atom stereocenters. The van der Waals surface area contributed by atoms with Gasteiger partial charge >= 0.3 is 11.7 Å². The van der Waals surface area contributed by atoms with Crippen LogP contribution in [0.1, 0.15) is 26.2 Å². The topological polar surface area (TPSA) is 79.8 Å². The number of rotatable bonds is 7. The summed E-state index contributed by atoms with van der Waals surface area (Å²) in [6.45, 7) is 1.75. The third-order valence-corrected chi connectivity index (χ3v) is 1.96. The van der Waals surface area contributed by atoms with Gasteiger partial charge in [-0.25, -0.2) is 4.79 Å². The lowest BCUT2D eigenvalue weighted by atomic mass is 10.1. The minimum Gasteiger partial charge on any atom is -0.457 e. The molecule has 0 rings (SSSR count). The van der Waals surface area contributed by atoms with Crippen LogP contribution in [-0.4, -0.2) is 34.6 Å². The number of unbranched alkanes of at least 4 members (excludes halogenated alkanes) is 1. The van der Waals surface area contributed by atoms with Gasteiger partial charge in [0.25, 0.3) is 5.78 Å². The number of thiol groups is 1. The predicted octanol–water partition coefficient (Wildman–Crippen LogP) is 0.889. The van der Waals surface area contributed by atoms with Crippen molar-refractivity contribution in [3.63, 3.8) is 0 Å². The van der Waals surface area contributed by atoms with E-state index in [9.17, 15) is 9.59 Å². The molecule has 0 aromatic carbocycles. The molecule has 0 amide bonds. The van der Waals surface area contributed by atoms with Crippen molar-refractivity contribution in [2.45, 2.75) is 26.2 Å². The normalized spacial score (nSPS) is 9.20. The summed E-state index contributed by atoms with van der Waals surface area (Å²) in [7, 11) is 0. The van der Waals surface area contributed by atoms with Crippen molar-refractivity contribution < 1.29 is 19.1 Å². The molecule has 5 nitrogen and oxygen atoms in total. The molecule has 0 spiro atoms. The van der Waals surface area contributed by atoms with E-state index in [1.54, 1.807) is 6.92 Å².